The van der Waals surface area contributed by atoms with Crippen molar-refractivity contribution in [3.05, 3.63) is 18.2 Å². The van der Waals surface area contributed by atoms with Crippen LogP contribution < -0.4 is 14.4 Å². The molecule has 6 nitrogen and oxygen atoms in total. The zero-order chi connectivity index (χ0) is 16.8. The van der Waals surface area contributed by atoms with Crippen molar-refractivity contribution in [3.8, 4) is 11.5 Å². The van der Waals surface area contributed by atoms with E-state index in [2.05, 4.69) is 4.90 Å². The highest BCUT2D eigenvalue weighted by Gasteiger charge is 2.24. The van der Waals surface area contributed by atoms with E-state index in [1.807, 2.05) is 41.8 Å². The van der Waals surface area contributed by atoms with E-state index in [1.54, 1.807) is 14.2 Å². The van der Waals surface area contributed by atoms with Crippen molar-refractivity contribution in [2.24, 2.45) is 0 Å². The summed E-state index contributed by atoms with van der Waals surface area (Å²) in [7, 11) is 3.28. The molecule has 0 unspecified atom stereocenters. The lowest BCUT2D eigenvalue weighted by Gasteiger charge is -2.38. The van der Waals surface area contributed by atoms with Crippen molar-refractivity contribution in [1.29, 1.82) is 0 Å². The molecule has 1 aromatic carbocycles. The SMILES string of the molecule is CCN(CC)C(=O)N1CCN(c2ccc(OC)c(OC)c2)CC1. The maximum absolute atomic E-state index is 12.4. The van der Waals surface area contributed by atoms with Crippen LogP contribution in [-0.4, -0.2) is 69.3 Å². The number of carbonyl (C=O) groups excluding carboxylic acids is 1. The molecule has 23 heavy (non-hydrogen) atoms. The van der Waals surface area contributed by atoms with Crippen molar-refractivity contribution < 1.29 is 14.3 Å². The van der Waals surface area contributed by atoms with Crippen LogP contribution in [0.3, 0.4) is 0 Å². The lowest BCUT2D eigenvalue weighted by atomic mass is 10.2. The summed E-state index contributed by atoms with van der Waals surface area (Å²) in [6.07, 6.45) is 0. The van der Waals surface area contributed by atoms with Gasteiger partial charge in [0.1, 0.15) is 0 Å². The van der Waals surface area contributed by atoms with Crippen molar-refractivity contribution in [2.75, 3.05) is 58.4 Å². The first kappa shape index (κ1) is 17.2. The molecule has 1 aromatic rings. The average Bonchev–Trinajstić information content (AvgIpc) is 2.62. The van der Waals surface area contributed by atoms with Gasteiger partial charge in [-0.1, -0.05) is 0 Å². The van der Waals surface area contributed by atoms with Gasteiger partial charge in [-0.25, -0.2) is 4.79 Å². The number of methoxy groups -OCH3 is 2. The average molecular weight is 321 g/mol. The van der Waals surface area contributed by atoms with Gasteiger partial charge in [-0.3, -0.25) is 0 Å². The van der Waals surface area contributed by atoms with Crippen LogP contribution in [0.4, 0.5) is 10.5 Å². The quantitative estimate of drug-likeness (QED) is 0.835. The molecule has 2 rings (SSSR count). The third kappa shape index (κ3) is 3.81. The maximum atomic E-state index is 12.4. The van der Waals surface area contributed by atoms with Crippen LogP contribution in [0.15, 0.2) is 18.2 Å². The van der Waals surface area contributed by atoms with E-state index in [0.29, 0.717) is 0 Å². The van der Waals surface area contributed by atoms with E-state index in [0.717, 1.165) is 56.5 Å². The molecule has 0 radical (unpaired) electrons. The summed E-state index contributed by atoms with van der Waals surface area (Å²) in [4.78, 5) is 18.5. The van der Waals surface area contributed by atoms with Gasteiger partial charge in [0.15, 0.2) is 11.5 Å². The minimum Gasteiger partial charge on any atom is -0.493 e. The molecule has 0 atom stereocenters. The zero-order valence-corrected chi connectivity index (χ0v) is 14.5. The predicted molar refractivity (Wildman–Crippen MR) is 91.6 cm³/mol. The first-order chi connectivity index (χ1) is 11.1. The van der Waals surface area contributed by atoms with Crippen LogP contribution >= 0.6 is 0 Å². The molecular weight excluding hydrogens is 294 g/mol. The first-order valence-corrected chi connectivity index (χ1v) is 8.15. The molecule has 0 saturated carbocycles. The third-order valence-electron chi connectivity index (χ3n) is 4.32. The Kier molecular flexibility index (Phi) is 5.96. The summed E-state index contributed by atoms with van der Waals surface area (Å²) in [5, 5.41) is 0. The van der Waals surface area contributed by atoms with Crippen molar-refractivity contribution in [3.63, 3.8) is 0 Å². The number of benzene rings is 1. The van der Waals surface area contributed by atoms with E-state index >= 15 is 0 Å². The van der Waals surface area contributed by atoms with Crippen LogP contribution in [0, 0.1) is 0 Å². The van der Waals surface area contributed by atoms with Gasteiger partial charge >= 0.3 is 6.03 Å². The van der Waals surface area contributed by atoms with Crippen LogP contribution in [0.1, 0.15) is 13.8 Å². The Balaban J connectivity index is 2.00. The molecule has 0 bridgehead atoms. The van der Waals surface area contributed by atoms with Gasteiger partial charge in [0.2, 0.25) is 0 Å². The summed E-state index contributed by atoms with van der Waals surface area (Å²) in [6, 6.07) is 6.08. The molecule has 1 aliphatic heterocycles. The topological polar surface area (TPSA) is 45.3 Å². The van der Waals surface area contributed by atoms with E-state index in [9.17, 15) is 4.79 Å². The second-order valence-corrected chi connectivity index (χ2v) is 5.47. The Morgan fingerprint density at radius 1 is 1.04 bits per heavy atom. The highest BCUT2D eigenvalue weighted by atomic mass is 16.5. The van der Waals surface area contributed by atoms with Crippen molar-refractivity contribution >= 4 is 11.7 Å². The lowest BCUT2D eigenvalue weighted by Crippen LogP contribution is -2.52. The highest BCUT2D eigenvalue weighted by molar-refractivity contribution is 5.74. The molecule has 0 aromatic heterocycles. The number of nitrogens with zero attached hydrogens (tertiary/aromatic N) is 3. The van der Waals surface area contributed by atoms with Gasteiger partial charge < -0.3 is 24.2 Å². The van der Waals surface area contributed by atoms with Gasteiger partial charge in [-0.05, 0) is 26.0 Å². The van der Waals surface area contributed by atoms with Gasteiger partial charge in [-0.2, -0.15) is 0 Å². The molecule has 1 aliphatic rings. The number of urea groups is 1. The number of ether oxygens (including phenoxy) is 2. The smallest absolute Gasteiger partial charge is 0.320 e. The van der Waals surface area contributed by atoms with E-state index in [-0.39, 0.29) is 6.03 Å². The third-order valence-corrected chi connectivity index (χ3v) is 4.32. The van der Waals surface area contributed by atoms with Gasteiger partial charge in [0.25, 0.3) is 0 Å². The molecular formula is C17H27N3O3. The Morgan fingerprint density at radius 3 is 2.17 bits per heavy atom. The highest BCUT2D eigenvalue weighted by Crippen LogP contribution is 2.31. The number of hydrogen-bond donors (Lipinski definition) is 0. The Labute approximate surface area is 138 Å². The minimum absolute atomic E-state index is 0.141. The molecule has 1 heterocycles. The standard InChI is InChI=1S/C17H27N3O3/c1-5-18(6-2)17(21)20-11-9-19(10-12-20)14-7-8-15(22-3)16(13-14)23-4/h7-8,13H,5-6,9-12H2,1-4H3. The maximum Gasteiger partial charge on any atom is 0.320 e. The summed E-state index contributed by atoms with van der Waals surface area (Å²) in [6.45, 7) is 8.66. The normalized spacial score (nSPS) is 14.6. The molecule has 1 saturated heterocycles. The lowest BCUT2D eigenvalue weighted by molar-refractivity contribution is 0.154. The summed E-state index contributed by atoms with van der Waals surface area (Å²) >= 11 is 0. The van der Waals surface area contributed by atoms with Gasteiger partial charge in [0, 0.05) is 51.0 Å². The van der Waals surface area contributed by atoms with Crippen molar-refractivity contribution in [2.45, 2.75) is 13.8 Å². The Hall–Kier alpha value is -2.11. The van der Waals surface area contributed by atoms with Gasteiger partial charge in [0.05, 0.1) is 14.2 Å². The number of piperazine rings is 1. The first-order valence-electron chi connectivity index (χ1n) is 8.15. The second kappa shape index (κ2) is 7.94. The number of carbonyl (C=O) groups is 1. The van der Waals surface area contributed by atoms with Crippen molar-refractivity contribution in [1.82, 2.24) is 9.80 Å². The molecule has 128 valence electrons. The predicted octanol–water partition coefficient (Wildman–Crippen LogP) is 2.29. The van der Waals surface area contributed by atoms with E-state index in [1.165, 1.54) is 0 Å². The summed E-state index contributed by atoms with van der Waals surface area (Å²) in [5.41, 5.74) is 1.09. The largest absolute Gasteiger partial charge is 0.493 e. The minimum atomic E-state index is 0.141. The molecule has 6 heteroatoms. The molecule has 1 fully saturated rings. The van der Waals surface area contributed by atoms with Crippen LogP contribution in [0.5, 0.6) is 11.5 Å². The number of rotatable bonds is 5. The second-order valence-electron chi connectivity index (χ2n) is 5.47. The monoisotopic (exact) mass is 321 g/mol. The molecule has 0 spiro atoms. The molecule has 2 amide bonds. The molecule has 0 N–H and O–H groups in total. The van der Waals surface area contributed by atoms with Crippen LogP contribution in [0.25, 0.3) is 0 Å². The zero-order valence-electron chi connectivity index (χ0n) is 14.5. The Bertz CT molecular complexity index is 524. The molecule has 0 aliphatic carbocycles. The van der Waals surface area contributed by atoms with Crippen LogP contribution in [0.2, 0.25) is 0 Å². The summed E-state index contributed by atoms with van der Waals surface area (Å²) < 4.78 is 10.6. The van der Waals surface area contributed by atoms with Gasteiger partial charge in [-0.15, -0.1) is 0 Å². The van der Waals surface area contributed by atoms with E-state index < -0.39 is 0 Å². The summed E-state index contributed by atoms with van der Waals surface area (Å²) in [5.74, 6) is 1.46. The Morgan fingerprint density at radius 2 is 1.65 bits per heavy atom. The number of anilines is 1. The fourth-order valence-electron chi connectivity index (χ4n) is 2.87. The number of amides is 2. The fraction of sp³-hybridized carbons (Fsp3) is 0.588. The van der Waals surface area contributed by atoms with Crippen LogP contribution in [-0.2, 0) is 0 Å². The van der Waals surface area contributed by atoms with E-state index in [4.69, 9.17) is 9.47 Å². The number of hydrogen-bond acceptors (Lipinski definition) is 4. The fourth-order valence-corrected chi connectivity index (χ4v) is 2.87.